The summed E-state index contributed by atoms with van der Waals surface area (Å²) < 4.78 is 5.51. The highest BCUT2D eigenvalue weighted by Crippen LogP contribution is 2.31. The molecule has 0 amide bonds. The molecule has 1 fully saturated rings. The molecule has 1 saturated heterocycles. The molecule has 0 unspecified atom stereocenters. The van der Waals surface area contributed by atoms with Crippen LogP contribution in [0.4, 0.5) is 5.69 Å². The number of ether oxygens (including phenoxy) is 1. The highest BCUT2D eigenvalue weighted by molar-refractivity contribution is 5.60. The number of benzene rings is 1. The van der Waals surface area contributed by atoms with E-state index < -0.39 is 0 Å². The van der Waals surface area contributed by atoms with Gasteiger partial charge in [-0.05, 0) is 49.9 Å². The zero-order chi connectivity index (χ0) is 12.1. The van der Waals surface area contributed by atoms with Crippen LogP contribution >= 0.6 is 0 Å². The maximum Gasteiger partial charge on any atom is 0.142 e. The number of nitrogens with two attached hydrogens (primary N) is 1. The average Bonchev–Trinajstić information content (AvgIpc) is 2.89. The quantitative estimate of drug-likeness (QED) is 0.848. The van der Waals surface area contributed by atoms with Gasteiger partial charge in [0.1, 0.15) is 5.75 Å². The first-order chi connectivity index (χ1) is 8.35. The van der Waals surface area contributed by atoms with Crippen molar-refractivity contribution in [1.29, 1.82) is 0 Å². The van der Waals surface area contributed by atoms with Crippen LogP contribution in [-0.4, -0.2) is 26.7 Å². The summed E-state index contributed by atoms with van der Waals surface area (Å²) >= 11 is 0. The Morgan fingerprint density at radius 3 is 2.71 bits per heavy atom. The Kier molecular flexibility index (Phi) is 4.26. The first kappa shape index (κ1) is 12.2. The Morgan fingerprint density at radius 1 is 1.29 bits per heavy atom. The first-order valence-electron chi connectivity index (χ1n) is 6.47. The third kappa shape index (κ3) is 2.91. The minimum absolute atomic E-state index is 0.746. The van der Waals surface area contributed by atoms with Gasteiger partial charge in [0.15, 0.2) is 0 Å². The van der Waals surface area contributed by atoms with Crippen molar-refractivity contribution in [2.75, 3.05) is 31.6 Å². The van der Waals surface area contributed by atoms with Gasteiger partial charge in [0.05, 0.1) is 12.8 Å². The van der Waals surface area contributed by atoms with Crippen LogP contribution in [0.1, 0.15) is 24.8 Å². The van der Waals surface area contributed by atoms with Crippen molar-refractivity contribution in [2.45, 2.75) is 25.7 Å². The van der Waals surface area contributed by atoms with Gasteiger partial charge >= 0.3 is 0 Å². The SMILES string of the molecule is COc1cc(CCCN)ccc1N1CCCC1. The van der Waals surface area contributed by atoms with Crippen LogP contribution < -0.4 is 15.4 Å². The molecule has 1 aromatic carbocycles. The summed E-state index contributed by atoms with van der Waals surface area (Å²) in [5, 5.41) is 0. The third-order valence-electron chi connectivity index (χ3n) is 3.36. The highest BCUT2D eigenvalue weighted by atomic mass is 16.5. The molecule has 0 atom stereocenters. The fourth-order valence-electron chi connectivity index (χ4n) is 2.40. The van der Waals surface area contributed by atoms with E-state index in [1.165, 1.54) is 24.1 Å². The molecule has 0 aliphatic carbocycles. The lowest BCUT2D eigenvalue weighted by molar-refractivity contribution is 0.414. The topological polar surface area (TPSA) is 38.5 Å². The van der Waals surface area contributed by atoms with Gasteiger partial charge in [-0.2, -0.15) is 0 Å². The van der Waals surface area contributed by atoms with Crippen LogP contribution in [0.25, 0.3) is 0 Å². The summed E-state index contributed by atoms with van der Waals surface area (Å²) in [6, 6.07) is 6.55. The van der Waals surface area contributed by atoms with Crippen molar-refractivity contribution in [3.8, 4) is 5.75 Å². The summed E-state index contributed by atoms with van der Waals surface area (Å²) in [6.45, 7) is 3.05. The molecule has 94 valence electrons. The zero-order valence-electron chi connectivity index (χ0n) is 10.6. The van der Waals surface area contributed by atoms with Gasteiger partial charge in [-0.15, -0.1) is 0 Å². The monoisotopic (exact) mass is 234 g/mol. The van der Waals surface area contributed by atoms with Gasteiger partial charge in [0.2, 0.25) is 0 Å². The van der Waals surface area contributed by atoms with Crippen LogP contribution in [0.5, 0.6) is 5.75 Å². The molecule has 17 heavy (non-hydrogen) atoms. The Labute approximate surface area is 104 Å². The predicted octanol–water partition coefficient (Wildman–Crippen LogP) is 2.19. The number of rotatable bonds is 5. The third-order valence-corrected chi connectivity index (χ3v) is 3.36. The van der Waals surface area contributed by atoms with E-state index in [9.17, 15) is 0 Å². The second-order valence-electron chi connectivity index (χ2n) is 4.59. The molecule has 0 aromatic heterocycles. The van der Waals surface area contributed by atoms with Crippen LogP contribution in [0.15, 0.2) is 18.2 Å². The van der Waals surface area contributed by atoms with Gasteiger partial charge < -0.3 is 15.4 Å². The molecule has 2 N–H and O–H groups in total. The van der Waals surface area contributed by atoms with Crippen molar-refractivity contribution >= 4 is 5.69 Å². The average molecular weight is 234 g/mol. The number of nitrogens with zero attached hydrogens (tertiary/aromatic N) is 1. The van der Waals surface area contributed by atoms with Gasteiger partial charge in [0, 0.05) is 13.1 Å². The summed E-state index contributed by atoms with van der Waals surface area (Å²) in [5.74, 6) is 1.00. The number of anilines is 1. The number of methoxy groups -OCH3 is 1. The molecule has 2 rings (SSSR count). The summed E-state index contributed by atoms with van der Waals surface area (Å²) in [5.41, 5.74) is 8.09. The standard InChI is InChI=1S/C14H22N2O/c1-17-14-11-12(5-4-8-15)6-7-13(14)16-9-2-3-10-16/h6-7,11H,2-5,8-10,15H2,1H3. The van der Waals surface area contributed by atoms with Crippen molar-refractivity contribution in [2.24, 2.45) is 5.73 Å². The van der Waals surface area contributed by atoms with Crippen molar-refractivity contribution in [1.82, 2.24) is 0 Å². The zero-order valence-corrected chi connectivity index (χ0v) is 10.6. The lowest BCUT2D eigenvalue weighted by Gasteiger charge is -2.21. The van der Waals surface area contributed by atoms with E-state index in [2.05, 4.69) is 23.1 Å². The molecule has 3 nitrogen and oxygen atoms in total. The maximum absolute atomic E-state index is 5.54. The van der Waals surface area contributed by atoms with E-state index in [1.807, 2.05) is 0 Å². The fourth-order valence-corrected chi connectivity index (χ4v) is 2.40. The molecule has 1 heterocycles. The molecule has 1 aliphatic rings. The first-order valence-corrected chi connectivity index (χ1v) is 6.47. The van der Waals surface area contributed by atoms with E-state index in [0.717, 1.165) is 38.2 Å². The van der Waals surface area contributed by atoms with E-state index in [4.69, 9.17) is 10.5 Å². The lowest BCUT2D eigenvalue weighted by atomic mass is 10.1. The van der Waals surface area contributed by atoms with E-state index in [0.29, 0.717) is 0 Å². The van der Waals surface area contributed by atoms with Crippen LogP contribution in [0, 0.1) is 0 Å². The van der Waals surface area contributed by atoms with Crippen molar-refractivity contribution in [3.05, 3.63) is 23.8 Å². The predicted molar refractivity (Wildman–Crippen MR) is 71.8 cm³/mol. The number of hydrogen-bond donors (Lipinski definition) is 1. The molecule has 3 heteroatoms. The molecule has 1 aliphatic heterocycles. The molecule has 0 radical (unpaired) electrons. The van der Waals surface area contributed by atoms with Crippen LogP contribution in [0.3, 0.4) is 0 Å². The lowest BCUT2D eigenvalue weighted by Crippen LogP contribution is -2.18. The molecule has 0 bridgehead atoms. The van der Waals surface area contributed by atoms with Crippen LogP contribution in [-0.2, 0) is 6.42 Å². The van der Waals surface area contributed by atoms with Gasteiger partial charge in [-0.3, -0.25) is 0 Å². The molecule has 0 saturated carbocycles. The molecular weight excluding hydrogens is 212 g/mol. The van der Waals surface area contributed by atoms with Gasteiger partial charge in [-0.25, -0.2) is 0 Å². The van der Waals surface area contributed by atoms with Gasteiger partial charge in [0.25, 0.3) is 0 Å². The minimum atomic E-state index is 0.746. The molecule has 1 aromatic rings. The maximum atomic E-state index is 5.54. The Balaban J connectivity index is 2.15. The largest absolute Gasteiger partial charge is 0.495 e. The van der Waals surface area contributed by atoms with E-state index in [1.54, 1.807) is 7.11 Å². The van der Waals surface area contributed by atoms with Crippen LogP contribution in [0.2, 0.25) is 0 Å². The molecule has 0 spiro atoms. The second kappa shape index (κ2) is 5.92. The Bertz CT molecular complexity index is 359. The minimum Gasteiger partial charge on any atom is -0.495 e. The summed E-state index contributed by atoms with van der Waals surface area (Å²) in [7, 11) is 1.75. The van der Waals surface area contributed by atoms with E-state index in [-0.39, 0.29) is 0 Å². The van der Waals surface area contributed by atoms with E-state index >= 15 is 0 Å². The summed E-state index contributed by atoms with van der Waals surface area (Å²) in [6.07, 6.45) is 4.65. The fraction of sp³-hybridized carbons (Fsp3) is 0.571. The summed E-state index contributed by atoms with van der Waals surface area (Å²) in [4.78, 5) is 2.41. The molecular formula is C14H22N2O. The highest BCUT2D eigenvalue weighted by Gasteiger charge is 2.16. The Hall–Kier alpha value is -1.22. The van der Waals surface area contributed by atoms with Gasteiger partial charge in [-0.1, -0.05) is 6.07 Å². The van der Waals surface area contributed by atoms with Crippen molar-refractivity contribution in [3.63, 3.8) is 0 Å². The Morgan fingerprint density at radius 2 is 2.06 bits per heavy atom. The second-order valence-corrected chi connectivity index (χ2v) is 4.59. The normalized spacial score (nSPS) is 15.3. The smallest absolute Gasteiger partial charge is 0.142 e. The number of hydrogen-bond acceptors (Lipinski definition) is 3. The van der Waals surface area contributed by atoms with Crippen molar-refractivity contribution < 1.29 is 4.74 Å². The number of aryl methyl sites for hydroxylation is 1.